The summed E-state index contributed by atoms with van der Waals surface area (Å²) in [5.74, 6) is 0. The minimum absolute atomic E-state index is 0.639. The van der Waals surface area contributed by atoms with E-state index in [0.717, 1.165) is 13.1 Å². The van der Waals surface area contributed by atoms with E-state index in [4.69, 9.17) is 5.73 Å². The average Bonchev–Trinajstić information content (AvgIpc) is 2.73. The van der Waals surface area contributed by atoms with Crippen molar-refractivity contribution in [3.63, 3.8) is 0 Å². The van der Waals surface area contributed by atoms with E-state index in [-0.39, 0.29) is 0 Å². The third-order valence-corrected chi connectivity index (χ3v) is 3.51. The van der Waals surface area contributed by atoms with Crippen molar-refractivity contribution in [2.45, 2.75) is 20.4 Å². The van der Waals surface area contributed by atoms with Gasteiger partial charge in [0.15, 0.2) is 5.13 Å². The molecule has 0 spiro atoms. The molecule has 1 aromatic heterocycles. The fraction of sp³-hybridized carbons (Fsp3) is 0.308. The van der Waals surface area contributed by atoms with Crippen LogP contribution >= 0.6 is 11.3 Å². The van der Waals surface area contributed by atoms with Crippen molar-refractivity contribution in [3.8, 4) is 0 Å². The van der Waals surface area contributed by atoms with Gasteiger partial charge in [0.1, 0.15) is 0 Å². The van der Waals surface area contributed by atoms with Crippen LogP contribution in [-0.4, -0.2) is 11.5 Å². The normalized spacial score (nSPS) is 10.5. The van der Waals surface area contributed by atoms with E-state index in [9.17, 15) is 0 Å². The fourth-order valence-electron chi connectivity index (χ4n) is 1.73. The van der Waals surface area contributed by atoms with Gasteiger partial charge >= 0.3 is 0 Å². The molecule has 0 atom stereocenters. The Kier molecular flexibility index (Phi) is 3.64. The molecule has 0 saturated heterocycles. The molecule has 4 heteroatoms. The molecule has 0 aliphatic rings. The molecule has 17 heavy (non-hydrogen) atoms. The molecule has 0 unspecified atom stereocenters. The first-order valence-electron chi connectivity index (χ1n) is 5.71. The minimum atomic E-state index is 0.639. The molecule has 2 rings (SSSR count). The molecule has 1 aromatic carbocycles. The summed E-state index contributed by atoms with van der Waals surface area (Å²) >= 11 is 1.55. The zero-order valence-corrected chi connectivity index (χ0v) is 11.0. The highest BCUT2D eigenvalue weighted by Crippen LogP contribution is 2.21. The van der Waals surface area contributed by atoms with Crippen LogP contribution < -0.4 is 10.6 Å². The van der Waals surface area contributed by atoms with Crippen LogP contribution in [0.15, 0.2) is 30.5 Å². The van der Waals surface area contributed by atoms with E-state index in [1.807, 2.05) is 6.20 Å². The number of hydrogen-bond donors (Lipinski definition) is 1. The Hall–Kier alpha value is -1.55. The van der Waals surface area contributed by atoms with E-state index < -0.39 is 0 Å². The third-order valence-electron chi connectivity index (χ3n) is 2.70. The Morgan fingerprint density at radius 1 is 1.29 bits per heavy atom. The van der Waals surface area contributed by atoms with Gasteiger partial charge in [-0.25, -0.2) is 4.98 Å². The van der Waals surface area contributed by atoms with Gasteiger partial charge < -0.3 is 10.6 Å². The molecular weight excluding hydrogens is 230 g/mol. The largest absolute Gasteiger partial charge is 0.375 e. The molecule has 0 amide bonds. The first-order chi connectivity index (χ1) is 8.19. The highest BCUT2D eigenvalue weighted by Gasteiger charge is 2.07. The summed E-state index contributed by atoms with van der Waals surface area (Å²) in [4.78, 5) is 7.59. The molecule has 0 fully saturated rings. The van der Waals surface area contributed by atoms with Gasteiger partial charge in [-0.1, -0.05) is 17.7 Å². The SMILES string of the molecule is CCN(Cc1cnc(N)s1)c1ccc(C)cc1. The van der Waals surface area contributed by atoms with Crippen molar-refractivity contribution < 1.29 is 0 Å². The molecule has 2 aromatic rings. The maximum Gasteiger partial charge on any atom is 0.180 e. The lowest BCUT2D eigenvalue weighted by Crippen LogP contribution is -2.21. The van der Waals surface area contributed by atoms with Crippen molar-refractivity contribution in [2.24, 2.45) is 0 Å². The zero-order chi connectivity index (χ0) is 12.3. The molecular formula is C13H17N3S. The van der Waals surface area contributed by atoms with Gasteiger partial charge in [0.25, 0.3) is 0 Å². The summed E-state index contributed by atoms with van der Waals surface area (Å²) in [5.41, 5.74) is 8.17. The van der Waals surface area contributed by atoms with Crippen LogP contribution in [0.25, 0.3) is 0 Å². The van der Waals surface area contributed by atoms with E-state index in [2.05, 4.69) is 48.0 Å². The van der Waals surface area contributed by atoms with Crippen LogP contribution in [0.3, 0.4) is 0 Å². The number of nitrogen functional groups attached to an aromatic ring is 1. The van der Waals surface area contributed by atoms with Gasteiger partial charge in [-0.05, 0) is 26.0 Å². The van der Waals surface area contributed by atoms with Gasteiger partial charge in [0.2, 0.25) is 0 Å². The van der Waals surface area contributed by atoms with Gasteiger partial charge in [0, 0.05) is 23.3 Å². The second-order valence-corrected chi connectivity index (χ2v) is 5.16. The predicted molar refractivity (Wildman–Crippen MR) is 74.4 cm³/mol. The van der Waals surface area contributed by atoms with Crippen LogP contribution in [0.5, 0.6) is 0 Å². The van der Waals surface area contributed by atoms with E-state index in [0.29, 0.717) is 5.13 Å². The van der Waals surface area contributed by atoms with Crippen LogP contribution in [0.1, 0.15) is 17.4 Å². The summed E-state index contributed by atoms with van der Waals surface area (Å²) in [7, 11) is 0. The molecule has 90 valence electrons. The lowest BCUT2D eigenvalue weighted by atomic mass is 10.2. The number of aryl methyl sites for hydroxylation is 1. The minimum Gasteiger partial charge on any atom is -0.375 e. The number of hydrogen-bond acceptors (Lipinski definition) is 4. The van der Waals surface area contributed by atoms with Gasteiger partial charge in [0.05, 0.1) is 6.54 Å². The fourth-order valence-corrected chi connectivity index (χ4v) is 2.42. The Labute approximate surface area is 106 Å². The topological polar surface area (TPSA) is 42.2 Å². The number of benzene rings is 1. The molecule has 0 aliphatic carbocycles. The maximum atomic E-state index is 5.64. The zero-order valence-electron chi connectivity index (χ0n) is 10.2. The molecule has 3 nitrogen and oxygen atoms in total. The van der Waals surface area contributed by atoms with Crippen LogP contribution in [-0.2, 0) is 6.54 Å². The molecule has 0 aliphatic heterocycles. The molecule has 1 heterocycles. The summed E-state index contributed by atoms with van der Waals surface area (Å²) in [6, 6.07) is 8.59. The number of nitrogens with two attached hydrogens (primary N) is 1. The third kappa shape index (κ3) is 2.97. The van der Waals surface area contributed by atoms with Gasteiger partial charge in [-0.3, -0.25) is 0 Å². The summed E-state index contributed by atoms with van der Waals surface area (Å²) in [6.45, 7) is 6.10. The quantitative estimate of drug-likeness (QED) is 0.903. The highest BCUT2D eigenvalue weighted by molar-refractivity contribution is 7.15. The summed E-state index contributed by atoms with van der Waals surface area (Å²) in [6.07, 6.45) is 1.86. The second kappa shape index (κ2) is 5.19. The molecule has 0 radical (unpaired) electrons. The Bertz CT molecular complexity index is 476. The second-order valence-electron chi connectivity index (χ2n) is 4.01. The number of rotatable bonds is 4. The van der Waals surface area contributed by atoms with Crippen molar-refractivity contribution in [1.82, 2.24) is 4.98 Å². The maximum absolute atomic E-state index is 5.64. The van der Waals surface area contributed by atoms with Gasteiger partial charge in [-0.15, -0.1) is 11.3 Å². The van der Waals surface area contributed by atoms with Crippen molar-refractivity contribution in [3.05, 3.63) is 40.9 Å². The van der Waals surface area contributed by atoms with Crippen LogP contribution in [0.2, 0.25) is 0 Å². The van der Waals surface area contributed by atoms with E-state index in [1.165, 1.54) is 16.1 Å². The van der Waals surface area contributed by atoms with E-state index >= 15 is 0 Å². The summed E-state index contributed by atoms with van der Waals surface area (Å²) < 4.78 is 0. The lowest BCUT2D eigenvalue weighted by molar-refractivity contribution is 0.840. The lowest BCUT2D eigenvalue weighted by Gasteiger charge is -2.22. The first kappa shape index (κ1) is 11.9. The van der Waals surface area contributed by atoms with Gasteiger partial charge in [-0.2, -0.15) is 0 Å². The average molecular weight is 247 g/mol. The van der Waals surface area contributed by atoms with Crippen LogP contribution in [0, 0.1) is 6.92 Å². The van der Waals surface area contributed by atoms with Crippen LogP contribution in [0.4, 0.5) is 10.8 Å². The monoisotopic (exact) mass is 247 g/mol. The summed E-state index contributed by atoms with van der Waals surface area (Å²) in [5, 5.41) is 0.639. The number of anilines is 2. The highest BCUT2D eigenvalue weighted by atomic mass is 32.1. The molecule has 0 saturated carbocycles. The first-order valence-corrected chi connectivity index (χ1v) is 6.52. The predicted octanol–water partition coefficient (Wildman–Crippen LogP) is 3.06. The number of aromatic nitrogens is 1. The van der Waals surface area contributed by atoms with E-state index in [1.54, 1.807) is 11.3 Å². The van der Waals surface area contributed by atoms with Crippen molar-refractivity contribution in [1.29, 1.82) is 0 Å². The smallest absolute Gasteiger partial charge is 0.180 e. The number of nitrogens with zero attached hydrogens (tertiary/aromatic N) is 2. The Morgan fingerprint density at radius 3 is 2.53 bits per heavy atom. The van der Waals surface area contributed by atoms with Crippen molar-refractivity contribution in [2.75, 3.05) is 17.2 Å². The molecule has 2 N–H and O–H groups in total. The Balaban J connectivity index is 2.13. The standard InChI is InChI=1S/C13H17N3S/c1-3-16(9-12-8-15-13(14)17-12)11-6-4-10(2)5-7-11/h4-8H,3,9H2,1-2H3,(H2,14,15). The number of thiazole rings is 1. The Morgan fingerprint density at radius 2 is 2.00 bits per heavy atom. The molecule has 0 bridgehead atoms. The van der Waals surface area contributed by atoms with Crippen molar-refractivity contribution >= 4 is 22.2 Å².